The van der Waals surface area contributed by atoms with E-state index in [1.807, 2.05) is 0 Å². The predicted octanol–water partition coefficient (Wildman–Crippen LogP) is 0.220. The maximum atomic E-state index is 11.2. The van der Waals surface area contributed by atoms with Crippen LogP contribution in [0.25, 0.3) is 0 Å². The molecule has 0 aromatic carbocycles. The number of amides is 1. The number of aliphatic hydroxyl groups is 2. The zero-order valence-corrected chi connectivity index (χ0v) is 9.53. The Morgan fingerprint density at radius 1 is 1.50 bits per heavy atom. The highest BCUT2D eigenvalue weighted by Gasteiger charge is 2.24. The van der Waals surface area contributed by atoms with Crippen molar-refractivity contribution in [2.24, 2.45) is 5.73 Å². The lowest BCUT2D eigenvalue weighted by Gasteiger charge is -2.16. The monoisotopic (exact) mass is 243 g/mol. The van der Waals surface area contributed by atoms with Crippen molar-refractivity contribution in [3.63, 3.8) is 0 Å². The molecule has 0 saturated carbocycles. The second-order valence-electron chi connectivity index (χ2n) is 3.44. The third-order valence-corrected chi connectivity index (χ3v) is 3.14. The van der Waals surface area contributed by atoms with Crippen LogP contribution >= 0.6 is 11.3 Å². The molecule has 0 aliphatic carbocycles. The highest BCUT2D eigenvalue weighted by molar-refractivity contribution is 7.12. The fourth-order valence-corrected chi connectivity index (χ4v) is 2.20. The van der Waals surface area contributed by atoms with E-state index >= 15 is 0 Å². The minimum absolute atomic E-state index is 0.185. The number of rotatable bonds is 5. The highest BCUT2D eigenvalue weighted by atomic mass is 32.1. The molecule has 1 aromatic heterocycles. The number of carbonyl (C=O) groups is 2. The van der Waals surface area contributed by atoms with Gasteiger partial charge >= 0.3 is 0 Å². The first-order chi connectivity index (χ1) is 7.43. The van der Waals surface area contributed by atoms with Gasteiger partial charge < -0.3 is 15.9 Å². The molecule has 0 saturated heterocycles. The molecule has 6 heteroatoms. The summed E-state index contributed by atoms with van der Waals surface area (Å²) < 4.78 is 0. The minimum atomic E-state index is -1.29. The zero-order valence-electron chi connectivity index (χ0n) is 8.71. The summed E-state index contributed by atoms with van der Waals surface area (Å²) in [4.78, 5) is 22.2. The summed E-state index contributed by atoms with van der Waals surface area (Å²) in [6.45, 7) is 1.38. The third-order valence-electron chi connectivity index (χ3n) is 2.11. The number of primary amides is 1. The summed E-state index contributed by atoms with van der Waals surface area (Å²) in [5.74, 6) is -0.888. The number of thiophene rings is 1. The van der Waals surface area contributed by atoms with Crippen LogP contribution in [0.2, 0.25) is 0 Å². The minimum Gasteiger partial charge on any atom is -0.390 e. The fourth-order valence-electron chi connectivity index (χ4n) is 1.36. The average Bonchev–Trinajstić information content (AvgIpc) is 2.63. The maximum Gasteiger partial charge on any atom is 0.220 e. The molecule has 0 aliphatic heterocycles. The van der Waals surface area contributed by atoms with E-state index in [9.17, 15) is 19.8 Å². The van der Waals surface area contributed by atoms with Crippen LogP contribution in [-0.4, -0.2) is 28.0 Å². The van der Waals surface area contributed by atoms with Crippen molar-refractivity contribution in [2.75, 3.05) is 0 Å². The molecular weight excluding hydrogens is 230 g/mol. The van der Waals surface area contributed by atoms with Crippen LogP contribution < -0.4 is 5.73 Å². The van der Waals surface area contributed by atoms with Gasteiger partial charge in [-0.05, 0) is 18.4 Å². The van der Waals surface area contributed by atoms with Crippen LogP contribution in [0.4, 0.5) is 0 Å². The molecule has 0 bridgehead atoms. The molecule has 1 rings (SSSR count). The molecule has 0 spiro atoms. The number of aliphatic hydroxyl groups excluding tert-OH is 2. The highest BCUT2D eigenvalue weighted by Crippen LogP contribution is 2.27. The average molecular weight is 243 g/mol. The summed E-state index contributed by atoms with van der Waals surface area (Å²) in [5, 5.41) is 20.9. The van der Waals surface area contributed by atoms with Gasteiger partial charge in [0.2, 0.25) is 5.91 Å². The summed E-state index contributed by atoms with van der Waals surface area (Å²) >= 11 is 1.19. The van der Waals surface area contributed by atoms with Gasteiger partial charge in [-0.1, -0.05) is 0 Å². The number of carbonyl (C=O) groups excluding carboxylic acids is 2. The van der Waals surface area contributed by atoms with Gasteiger partial charge in [-0.15, -0.1) is 11.3 Å². The first-order valence-electron chi connectivity index (χ1n) is 4.66. The Morgan fingerprint density at radius 3 is 2.62 bits per heavy atom. The van der Waals surface area contributed by atoms with E-state index in [-0.39, 0.29) is 12.2 Å². The summed E-state index contributed by atoms with van der Waals surface area (Å²) in [5.41, 5.74) is 5.25. The van der Waals surface area contributed by atoms with Crippen LogP contribution in [0.1, 0.15) is 34.7 Å². The third kappa shape index (κ3) is 2.88. The molecule has 1 amide bonds. The van der Waals surface area contributed by atoms with E-state index in [0.717, 1.165) is 0 Å². The Labute approximate surface area is 96.5 Å². The van der Waals surface area contributed by atoms with Crippen LogP contribution in [0.15, 0.2) is 11.4 Å². The zero-order chi connectivity index (χ0) is 12.3. The molecule has 2 unspecified atom stereocenters. The summed E-state index contributed by atoms with van der Waals surface area (Å²) in [6.07, 6.45) is -2.89. The number of hydrogen-bond acceptors (Lipinski definition) is 5. The van der Waals surface area contributed by atoms with Gasteiger partial charge in [0, 0.05) is 5.56 Å². The molecule has 4 N–H and O–H groups in total. The Balaban J connectivity index is 2.87. The summed E-state index contributed by atoms with van der Waals surface area (Å²) in [6, 6.07) is 1.55. The quantitative estimate of drug-likeness (QED) is 0.644. The molecule has 0 radical (unpaired) electrons. The van der Waals surface area contributed by atoms with Gasteiger partial charge in [0.25, 0.3) is 0 Å². The van der Waals surface area contributed by atoms with Crippen molar-refractivity contribution in [1.82, 2.24) is 0 Å². The Morgan fingerprint density at radius 2 is 2.12 bits per heavy atom. The number of Topliss-reactive ketones (excluding diaryl/α,β-unsaturated/α-hetero) is 1. The topological polar surface area (TPSA) is 101 Å². The molecule has 0 aliphatic rings. The first-order valence-corrected chi connectivity index (χ1v) is 5.54. The molecule has 1 aromatic rings. The van der Waals surface area contributed by atoms with Crippen LogP contribution in [0.3, 0.4) is 0 Å². The van der Waals surface area contributed by atoms with Crippen LogP contribution in [0.5, 0.6) is 0 Å². The first kappa shape index (κ1) is 12.8. The van der Waals surface area contributed by atoms with Crippen LogP contribution in [0, 0.1) is 0 Å². The van der Waals surface area contributed by atoms with E-state index in [2.05, 4.69) is 0 Å². The van der Waals surface area contributed by atoms with Crippen molar-refractivity contribution in [3.8, 4) is 0 Å². The van der Waals surface area contributed by atoms with Gasteiger partial charge in [0.1, 0.15) is 6.10 Å². The fraction of sp³-hybridized carbons (Fsp3) is 0.400. The predicted molar refractivity (Wildman–Crippen MR) is 59.1 cm³/mol. The second kappa shape index (κ2) is 5.20. The largest absolute Gasteiger partial charge is 0.390 e. The van der Waals surface area contributed by atoms with E-state index in [1.54, 1.807) is 11.4 Å². The summed E-state index contributed by atoms with van der Waals surface area (Å²) in [7, 11) is 0. The molecule has 1 heterocycles. The Bertz CT molecular complexity index is 401. The van der Waals surface area contributed by atoms with Crippen molar-refractivity contribution in [2.45, 2.75) is 25.6 Å². The molecule has 2 atom stereocenters. The van der Waals surface area contributed by atoms with Gasteiger partial charge in [-0.3, -0.25) is 9.59 Å². The van der Waals surface area contributed by atoms with Gasteiger partial charge in [0.15, 0.2) is 5.78 Å². The molecular formula is C10H13NO4S. The van der Waals surface area contributed by atoms with E-state index in [4.69, 9.17) is 5.73 Å². The standard InChI is InChI=1S/C10H13NO4S/c1-5(12)10-6(2-3-16-10)9(15)7(13)4-8(11)14/h2-3,7,9,13,15H,4H2,1H3,(H2,11,14). The SMILES string of the molecule is CC(=O)c1sccc1C(O)C(O)CC(N)=O. The van der Waals surface area contributed by atoms with Crippen molar-refractivity contribution >= 4 is 23.0 Å². The molecule has 0 fully saturated rings. The number of nitrogens with two attached hydrogens (primary N) is 1. The van der Waals surface area contributed by atoms with E-state index < -0.39 is 18.1 Å². The van der Waals surface area contributed by atoms with E-state index in [1.165, 1.54) is 18.3 Å². The number of ketones is 1. The second-order valence-corrected chi connectivity index (χ2v) is 4.36. The van der Waals surface area contributed by atoms with Crippen molar-refractivity contribution < 1.29 is 19.8 Å². The van der Waals surface area contributed by atoms with Crippen LogP contribution in [-0.2, 0) is 4.79 Å². The lowest BCUT2D eigenvalue weighted by Crippen LogP contribution is -2.26. The molecule has 88 valence electrons. The van der Waals surface area contributed by atoms with Gasteiger partial charge in [-0.2, -0.15) is 0 Å². The lowest BCUT2D eigenvalue weighted by atomic mass is 10.0. The van der Waals surface area contributed by atoms with Crippen molar-refractivity contribution in [1.29, 1.82) is 0 Å². The Kier molecular flexibility index (Phi) is 4.17. The van der Waals surface area contributed by atoms with Gasteiger partial charge in [-0.25, -0.2) is 0 Å². The van der Waals surface area contributed by atoms with Gasteiger partial charge in [0.05, 0.1) is 17.4 Å². The smallest absolute Gasteiger partial charge is 0.220 e. The van der Waals surface area contributed by atoms with E-state index in [0.29, 0.717) is 10.4 Å². The Hall–Kier alpha value is -1.24. The van der Waals surface area contributed by atoms with Crippen molar-refractivity contribution in [3.05, 3.63) is 21.9 Å². The molecule has 16 heavy (non-hydrogen) atoms. The maximum absolute atomic E-state index is 11.2. The normalized spacial score (nSPS) is 14.4. The number of hydrogen-bond donors (Lipinski definition) is 3. The lowest BCUT2D eigenvalue weighted by molar-refractivity contribution is -0.121. The molecule has 5 nitrogen and oxygen atoms in total.